The largest absolute Gasteiger partial charge is 0.504 e. The summed E-state index contributed by atoms with van der Waals surface area (Å²) in [7, 11) is 1.97. The third kappa shape index (κ3) is 1.30. The number of piperidine rings is 1. The summed E-state index contributed by atoms with van der Waals surface area (Å²) < 4.78 is 5.91. The second-order valence-electron chi connectivity index (χ2n) is 7.38. The molecule has 1 aromatic carbocycles. The number of carbonyl (C=O) groups is 1. The van der Waals surface area contributed by atoms with Crippen LogP contribution in [0.5, 0.6) is 11.5 Å². The van der Waals surface area contributed by atoms with Gasteiger partial charge >= 0.3 is 0 Å². The summed E-state index contributed by atoms with van der Waals surface area (Å²) in [5.41, 5.74) is 0.149. The molecule has 4 aliphatic rings. The van der Waals surface area contributed by atoms with Crippen LogP contribution in [0.15, 0.2) is 18.2 Å². The maximum Gasteiger partial charge on any atom is 0.196 e. The number of aliphatic hydroxyl groups excluding tert-OH is 1. The number of aromatic hydroxyl groups is 1. The van der Waals surface area contributed by atoms with Crippen molar-refractivity contribution in [1.29, 1.82) is 0 Å². The van der Waals surface area contributed by atoms with E-state index in [-0.39, 0.29) is 24.2 Å². The van der Waals surface area contributed by atoms with E-state index in [4.69, 9.17) is 4.74 Å². The molecule has 0 saturated carbocycles. The number of carbonyl (C=O) groups excluding carboxylic acids is 1. The highest BCUT2D eigenvalue weighted by Gasteiger charge is 2.71. The van der Waals surface area contributed by atoms with Gasteiger partial charge in [0.05, 0.1) is 12.0 Å². The first kappa shape index (κ1) is 14.5. The van der Waals surface area contributed by atoms with Crippen molar-refractivity contribution >= 4 is 5.78 Å². The highest BCUT2D eigenvalue weighted by molar-refractivity contribution is 5.99. The molecule has 1 spiro atoms. The number of aliphatic hydroxyl groups is 2. The van der Waals surface area contributed by atoms with E-state index < -0.39 is 17.1 Å². The average molecular weight is 329 g/mol. The van der Waals surface area contributed by atoms with E-state index in [9.17, 15) is 20.1 Å². The van der Waals surface area contributed by atoms with Gasteiger partial charge in [0.15, 0.2) is 23.4 Å². The maximum atomic E-state index is 12.5. The number of benzene rings is 1. The van der Waals surface area contributed by atoms with Crippen LogP contribution >= 0.6 is 0 Å². The number of ether oxygens (including phenoxy) is 1. The second-order valence-corrected chi connectivity index (χ2v) is 7.38. The number of rotatable bonds is 1. The number of phenols is 1. The monoisotopic (exact) mass is 329 g/mol. The van der Waals surface area contributed by atoms with E-state index in [1.807, 2.05) is 7.05 Å². The third-order valence-electron chi connectivity index (χ3n) is 6.53. The molecule has 126 valence electrons. The van der Waals surface area contributed by atoms with Gasteiger partial charge in [-0.15, -0.1) is 0 Å². The van der Waals surface area contributed by atoms with Crippen LogP contribution in [0.1, 0.15) is 23.1 Å². The normalized spacial score (nSPS) is 38.9. The average Bonchev–Trinajstić information content (AvgIpc) is 2.91. The van der Waals surface area contributed by atoms with Gasteiger partial charge in [0.2, 0.25) is 0 Å². The van der Waals surface area contributed by atoms with Gasteiger partial charge in [0, 0.05) is 11.6 Å². The van der Waals surface area contributed by atoms with Crippen molar-refractivity contribution in [2.45, 2.75) is 42.6 Å². The molecule has 6 nitrogen and oxygen atoms in total. The molecule has 2 heterocycles. The lowest BCUT2D eigenvalue weighted by Crippen LogP contribution is -2.74. The predicted molar refractivity (Wildman–Crippen MR) is 84.0 cm³/mol. The van der Waals surface area contributed by atoms with Crippen molar-refractivity contribution in [1.82, 2.24) is 4.90 Å². The Hall–Kier alpha value is -1.89. The van der Waals surface area contributed by atoms with Crippen molar-refractivity contribution in [2.75, 3.05) is 13.6 Å². The summed E-state index contributed by atoms with van der Waals surface area (Å²) in [5, 5.41) is 31.8. The van der Waals surface area contributed by atoms with E-state index in [0.717, 1.165) is 17.7 Å². The van der Waals surface area contributed by atoms with Crippen LogP contribution in [-0.2, 0) is 23.2 Å². The Kier molecular flexibility index (Phi) is 2.53. The van der Waals surface area contributed by atoms with Crippen molar-refractivity contribution in [3.63, 3.8) is 0 Å². The fourth-order valence-electron chi connectivity index (χ4n) is 5.43. The van der Waals surface area contributed by atoms with Gasteiger partial charge in [-0.05, 0) is 55.8 Å². The summed E-state index contributed by atoms with van der Waals surface area (Å²) in [4.78, 5) is 14.7. The molecule has 0 amide bonds. The number of ketones is 1. The molecule has 0 aromatic heterocycles. The molecule has 5 rings (SSSR count). The van der Waals surface area contributed by atoms with Crippen LogP contribution < -0.4 is 4.74 Å². The lowest BCUT2D eigenvalue weighted by Gasteiger charge is -2.60. The number of likely N-dealkylation sites (tertiary alicyclic amines) is 1. The predicted octanol–water partition coefficient (Wildman–Crippen LogP) is 0.0135. The molecular formula is C18H19NO5. The highest BCUT2D eigenvalue weighted by Crippen LogP contribution is 2.63. The van der Waals surface area contributed by atoms with E-state index in [2.05, 4.69) is 4.90 Å². The van der Waals surface area contributed by atoms with Gasteiger partial charge in [-0.2, -0.15) is 0 Å². The zero-order valence-electron chi connectivity index (χ0n) is 13.3. The quantitative estimate of drug-likeness (QED) is 0.673. The summed E-state index contributed by atoms with van der Waals surface area (Å²) in [6.45, 7) is 0.534. The minimum atomic E-state index is -1.22. The van der Waals surface area contributed by atoms with Gasteiger partial charge in [-0.25, -0.2) is 0 Å². The van der Waals surface area contributed by atoms with Crippen molar-refractivity contribution in [2.24, 2.45) is 0 Å². The van der Waals surface area contributed by atoms with E-state index in [1.165, 1.54) is 12.1 Å². The molecule has 0 radical (unpaired) electrons. The van der Waals surface area contributed by atoms with Gasteiger partial charge in [0.1, 0.15) is 5.60 Å². The summed E-state index contributed by atoms with van der Waals surface area (Å²) in [6, 6.07) is 1.31. The zero-order chi connectivity index (χ0) is 16.9. The SMILES string of the molecule is CN1CC[C@]23c4c5c(CO)cc(O)c4O[C@H]2C(=O)C=CC3(O)C1C5. The molecular weight excluding hydrogens is 310 g/mol. The van der Waals surface area contributed by atoms with Gasteiger partial charge in [0.25, 0.3) is 0 Å². The Morgan fingerprint density at radius 1 is 1.46 bits per heavy atom. The first-order valence-electron chi connectivity index (χ1n) is 8.25. The van der Waals surface area contributed by atoms with Gasteiger partial charge in [-0.1, -0.05) is 0 Å². The number of nitrogens with zero attached hydrogens (tertiary/aromatic N) is 1. The first-order valence-corrected chi connectivity index (χ1v) is 8.25. The summed E-state index contributed by atoms with van der Waals surface area (Å²) in [6.07, 6.45) is 3.32. The van der Waals surface area contributed by atoms with Crippen LogP contribution in [-0.4, -0.2) is 57.3 Å². The molecule has 1 aromatic rings. The Morgan fingerprint density at radius 2 is 2.25 bits per heavy atom. The van der Waals surface area contributed by atoms with Gasteiger partial charge < -0.3 is 20.1 Å². The van der Waals surface area contributed by atoms with E-state index in [0.29, 0.717) is 24.2 Å². The van der Waals surface area contributed by atoms with Crippen molar-refractivity contribution in [3.05, 3.63) is 34.9 Å². The molecule has 2 bridgehead atoms. The summed E-state index contributed by atoms with van der Waals surface area (Å²) in [5.74, 6) is 0.0387. The zero-order valence-corrected chi connectivity index (χ0v) is 13.3. The molecule has 2 aliphatic carbocycles. The van der Waals surface area contributed by atoms with Crippen LogP contribution in [0.4, 0.5) is 0 Å². The molecule has 3 N–H and O–H groups in total. The number of hydrogen-bond acceptors (Lipinski definition) is 6. The topological polar surface area (TPSA) is 90.2 Å². The van der Waals surface area contributed by atoms with Crippen LogP contribution in [0, 0.1) is 0 Å². The minimum absolute atomic E-state index is 0.0749. The van der Waals surface area contributed by atoms with Crippen molar-refractivity contribution in [3.8, 4) is 11.5 Å². The number of phenolic OH excluding ortho intramolecular Hbond substituents is 1. The molecule has 1 fully saturated rings. The molecule has 4 atom stereocenters. The molecule has 1 saturated heterocycles. The third-order valence-corrected chi connectivity index (χ3v) is 6.53. The number of likely N-dealkylation sites (N-methyl/N-ethyl adjacent to an activating group) is 1. The molecule has 2 aliphatic heterocycles. The Morgan fingerprint density at radius 3 is 3.00 bits per heavy atom. The summed E-state index contributed by atoms with van der Waals surface area (Å²) >= 11 is 0. The second kappa shape index (κ2) is 4.20. The number of hydrogen-bond donors (Lipinski definition) is 3. The fourth-order valence-corrected chi connectivity index (χ4v) is 5.43. The smallest absolute Gasteiger partial charge is 0.196 e. The standard InChI is InChI=1S/C18H19NO5/c1-19-5-4-17-14-10-7-13(19)18(17,23)3-2-11(21)16(17)24-15(14)12(22)6-9(10)8-20/h2-3,6,13,16,20,22-23H,4-5,7-8H2,1H3/t13?,16-,17-,18?/m0/s1. The Bertz CT molecular complexity index is 818. The maximum absolute atomic E-state index is 12.5. The van der Waals surface area contributed by atoms with E-state index >= 15 is 0 Å². The lowest BCUT2D eigenvalue weighted by atomic mass is 9.50. The van der Waals surface area contributed by atoms with Gasteiger partial charge in [-0.3, -0.25) is 9.69 Å². The van der Waals surface area contributed by atoms with Crippen LogP contribution in [0.2, 0.25) is 0 Å². The van der Waals surface area contributed by atoms with Crippen LogP contribution in [0.25, 0.3) is 0 Å². The fraction of sp³-hybridized carbons (Fsp3) is 0.500. The van der Waals surface area contributed by atoms with Crippen LogP contribution in [0.3, 0.4) is 0 Å². The van der Waals surface area contributed by atoms with E-state index in [1.54, 1.807) is 6.08 Å². The first-order chi connectivity index (χ1) is 11.4. The Balaban J connectivity index is 1.91. The minimum Gasteiger partial charge on any atom is -0.504 e. The highest BCUT2D eigenvalue weighted by atomic mass is 16.5. The molecule has 6 heteroatoms. The van der Waals surface area contributed by atoms with Crippen molar-refractivity contribution < 1.29 is 24.9 Å². The Labute approximate surface area is 139 Å². The lowest BCUT2D eigenvalue weighted by molar-refractivity contribution is -0.151. The molecule has 24 heavy (non-hydrogen) atoms. The molecule has 2 unspecified atom stereocenters.